The first kappa shape index (κ1) is 21.0. The molecular weight excluding hydrogens is 354 g/mol. The monoisotopic (exact) mass is 379 g/mol. The number of phenolic OH excluding ortho intramolecular Hbond substituents is 1. The van der Waals surface area contributed by atoms with Gasteiger partial charge < -0.3 is 10.0 Å². The third-order valence-electron chi connectivity index (χ3n) is 4.45. The molecular formula is C21H25N5O2. The van der Waals surface area contributed by atoms with Gasteiger partial charge in [-0.3, -0.25) is 14.8 Å². The van der Waals surface area contributed by atoms with Gasteiger partial charge in [-0.15, -0.1) is 0 Å². The topological polar surface area (TPSA) is 91.0 Å². The van der Waals surface area contributed by atoms with Gasteiger partial charge in [-0.1, -0.05) is 6.92 Å². The van der Waals surface area contributed by atoms with Gasteiger partial charge >= 0.3 is 0 Å². The van der Waals surface area contributed by atoms with Crippen LogP contribution in [0.25, 0.3) is 0 Å². The van der Waals surface area contributed by atoms with Gasteiger partial charge in [0.05, 0.1) is 24.5 Å². The maximum absolute atomic E-state index is 11.5. The predicted molar refractivity (Wildman–Crippen MR) is 111 cm³/mol. The molecule has 0 amide bonds. The van der Waals surface area contributed by atoms with Crippen molar-refractivity contribution in [3.63, 3.8) is 0 Å². The van der Waals surface area contributed by atoms with Crippen LogP contribution in [0.5, 0.6) is 5.75 Å². The zero-order valence-electron chi connectivity index (χ0n) is 16.4. The Labute approximate surface area is 165 Å². The molecule has 146 valence electrons. The third-order valence-corrected chi connectivity index (χ3v) is 4.45. The van der Waals surface area contributed by atoms with E-state index in [1.807, 2.05) is 31.9 Å². The molecule has 1 aromatic heterocycles. The molecule has 0 aliphatic carbocycles. The molecule has 0 aliphatic rings. The number of carbonyl (C=O) groups excluding carboxylic acids is 1. The Morgan fingerprint density at radius 1 is 1.36 bits per heavy atom. The zero-order chi connectivity index (χ0) is 20.5. The van der Waals surface area contributed by atoms with Crippen molar-refractivity contribution < 1.29 is 9.90 Å². The van der Waals surface area contributed by atoms with Gasteiger partial charge in [0, 0.05) is 31.2 Å². The lowest BCUT2D eigenvalue weighted by Crippen LogP contribution is -2.25. The maximum atomic E-state index is 11.5. The minimum absolute atomic E-state index is 0.105. The molecule has 0 radical (unpaired) electrons. The fraction of sp³-hybridized carbons (Fsp3) is 0.286. The van der Waals surface area contributed by atoms with Crippen molar-refractivity contribution in [1.82, 2.24) is 14.9 Å². The average molecular weight is 379 g/mol. The van der Waals surface area contributed by atoms with E-state index in [0.29, 0.717) is 17.9 Å². The standard InChI is InChI=1S/C21H25N5O2/c1-5-19(18-9-15(2)20(28)10-16(18)14-27)26(4)17(11-22-3)12-23-13-21-24-7-6-8-25-21/h6-12,14,19,28H,3,5,13H2,1-2,4H3/b17-11+,23-12?. The molecule has 0 saturated heterocycles. The number of nitrogens with zero attached hydrogens (tertiary/aromatic N) is 5. The highest BCUT2D eigenvalue weighted by Gasteiger charge is 2.21. The summed E-state index contributed by atoms with van der Waals surface area (Å²) in [6, 6.07) is 5.00. The molecule has 1 aromatic carbocycles. The minimum atomic E-state index is -0.105. The average Bonchev–Trinajstić information content (AvgIpc) is 2.71. The summed E-state index contributed by atoms with van der Waals surface area (Å²) in [5.74, 6) is 0.730. The van der Waals surface area contributed by atoms with Crippen LogP contribution in [0.1, 0.15) is 46.7 Å². The highest BCUT2D eigenvalue weighted by Crippen LogP contribution is 2.31. The van der Waals surface area contributed by atoms with Crippen molar-refractivity contribution >= 4 is 19.2 Å². The van der Waals surface area contributed by atoms with Crippen molar-refractivity contribution in [3.8, 4) is 5.75 Å². The van der Waals surface area contributed by atoms with E-state index in [2.05, 4.69) is 26.7 Å². The van der Waals surface area contributed by atoms with E-state index >= 15 is 0 Å². The molecule has 0 bridgehead atoms. The Bertz CT molecular complexity index is 878. The normalized spacial score (nSPS) is 12.8. The van der Waals surface area contributed by atoms with E-state index in [1.54, 1.807) is 30.9 Å². The van der Waals surface area contributed by atoms with Crippen LogP contribution in [0.3, 0.4) is 0 Å². The van der Waals surface area contributed by atoms with E-state index in [0.717, 1.165) is 29.5 Å². The van der Waals surface area contributed by atoms with Gasteiger partial charge in [0.2, 0.25) is 0 Å². The summed E-state index contributed by atoms with van der Waals surface area (Å²) >= 11 is 0. The molecule has 28 heavy (non-hydrogen) atoms. The molecule has 1 atom stereocenters. The molecule has 1 heterocycles. The second-order valence-corrected chi connectivity index (χ2v) is 6.29. The van der Waals surface area contributed by atoms with Crippen molar-refractivity contribution in [3.05, 3.63) is 65.0 Å². The van der Waals surface area contributed by atoms with Gasteiger partial charge in [0.25, 0.3) is 0 Å². The highest BCUT2D eigenvalue weighted by molar-refractivity contribution is 5.80. The van der Waals surface area contributed by atoms with Gasteiger partial charge in [-0.2, -0.15) is 0 Å². The molecule has 2 rings (SSSR count). The zero-order valence-corrected chi connectivity index (χ0v) is 16.4. The highest BCUT2D eigenvalue weighted by atomic mass is 16.3. The van der Waals surface area contributed by atoms with E-state index < -0.39 is 0 Å². The number of carbonyl (C=O) groups is 1. The number of phenols is 1. The summed E-state index contributed by atoms with van der Waals surface area (Å²) < 4.78 is 0. The smallest absolute Gasteiger partial charge is 0.150 e. The fourth-order valence-electron chi connectivity index (χ4n) is 2.95. The number of allylic oxidation sites excluding steroid dienone is 1. The van der Waals surface area contributed by atoms with Gasteiger partial charge in [-0.25, -0.2) is 9.97 Å². The molecule has 2 aromatic rings. The molecule has 1 unspecified atom stereocenters. The van der Waals surface area contributed by atoms with E-state index in [4.69, 9.17) is 0 Å². The fourth-order valence-corrected chi connectivity index (χ4v) is 2.95. The minimum Gasteiger partial charge on any atom is -0.508 e. The SMILES string of the molecule is C=N/C=C(\C=NCc1ncccn1)N(C)C(CC)c1cc(C)c(O)cc1C=O. The van der Waals surface area contributed by atoms with Gasteiger partial charge in [-0.05, 0) is 49.4 Å². The summed E-state index contributed by atoms with van der Waals surface area (Å²) in [6.07, 6.45) is 8.17. The molecule has 0 aliphatic heterocycles. The Morgan fingerprint density at radius 2 is 2.07 bits per heavy atom. The number of rotatable bonds is 9. The molecule has 0 spiro atoms. The van der Waals surface area contributed by atoms with E-state index in [9.17, 15) is 9.90 Å². The summed E-state index contributed by atoms with van der Waals surface area (Å²) in [5, 5.41) is 9.93. The van der Waals surface area contributed by atoms with Crippen LogP contribution in [0.15, 0.2) is 52.5 Å². The number of aldehydes is 1. The van der Waals surface area contributed by atoms with Crippen LogP contribution in [-0.2, 0) is 6.54 Å². The number of aryl methyl sites for hydroxylation is 1. The number of aromatic hydroxyl groups is 1. The Morgan fingerprint density at radius 3 is 2.68 bits per heavy atom. The summed E-state index contributed by atoms with van der Waals surface area (Å²) in [6.45, 7) is 7.73. The number of benzene rings is 1. The van der Waals surface area contributed by atoms with E-state index in [-0.39, 0.29) is 11.8 Å². The molecule has 0 fully saturated rings. The van der Waals surface area contributed by atoms with Crippen molar-refractivity contribution in [2.45, 2.75) is 32.9 Å². The van der Waals surface area contributed by atoms with Crippen LogP contribution in [0.2, 0.25) is 0 Å². The summed E-state index contributed by atoms with van der Waals surface area (Å²) in [7, 11) is 1.91. The lowest BCUT2D eigenvalue weighted by Gasteiger charge is -2.31. The number of aliphatic imine (C=N–C) groups is 2. The van der Waals surface area contributed by atoms with Crippen molar-refractivity contribution in [2.75, 3.05) is 7.05 Å². The Balaban J connectivity index is 2.31. The van der Waals surface area contributed by atoms with Crippen molar-refractivity contribution in [1.29, 1.82) is 0 Å². The first-order valence-electron chi connectivity index (χ1n) is 8.95. The summed E-state index contributed by atoms with van der Waals surface area (Å²) in [4.78, 5) is 30.1. The summed E-state index contributed by atoms with van der Waals surface area (Å²) in [5.41, 5.74) is 2.75. The number of hydrogen-bond donors (Lipinski definition) is 1. The lowest BCUT2D eigenvalue weighted by molar-refractivity contribution is 0.112. The Kier molecular flexibility index (Phi) is 7.56. The van der Waals surface area contributed by atoms with Crippen LogP contribution < -0.4 is 0 Å². The van der Waals surface area contributed by atoms with Gasteiger partial charge in [0.15, 0.2) is 6.29 Å². The molecule has 0 saturated carbocycles. The van der Waals surface area contributed by atoms with E-state index in [1.165, 1.54) is 6.07 Å². The van der Waals surface area contributed by atoms with Crippen LogP contribution >= 0.6 is 0 Å². The molecule has 1 N–H and O–H groups in total. The van der Waals surface area contributed by atoms with Crippen LogP contribution in [0.4, 0.5) is 0 Å². The second-order valence-electron chi connectivity index (χ2n) is 6.29. The third kappa shape index (κ3) is 5.09. The Hall–Kier alpha value is -3.35. The predicted octanol–water partition coefficient (Wildman–Crippen LogP) is 3.50. The lowest BCUT2D eigenvalue weighted by atomic mass is 9.95. The molecule has 7 nitrogen and oxygen atoms in total. The number of aromatic nitrogens is 2. The quantitative estimate of drug-likeness (QED) is 0.532. The maximum Gasteiger partial charge on any atom is 0.150 e. The second kappa shape index (κ2) is 10.1. The van der Waals surface area contributed by atoms with Gasteiger partial charge in [0.1, 0.15) is 11.6 Å². The number of hydrogen-bond acceptors (Lipinski definition) is 7. The first-order valence-corrected chi connectivity index (χ1v) is 8.95. The largest absolute Gasteiger partial charge is 0.508 e. The first-order chi connectivity index (χ1) is 13.5. The van der Waals surface area contributed by atoms with Crippen LogP contribution in [0, 0.1) is 6.92 Å². The van der Waals surface area contributed by atoms with Crippen molar-refractivity contribution in [2.24, 2.45) is 9.98 Å². The van der Waals surface area contributed by atoms with Crippen LogP contribution in [-0.4, -0.2) is 46.2 Å². The molecule has 7 heteroatoms.